The minimum atomic E-state index is -0.243. The summed E-state index contributed by atoms with van der Waals surface area (Å²) in [4.78, 5) is 33.9. The summed E-state index contributed by atoms with van der Waals surface area (Å²) in [7, 11) is 1.66. The fraction of sp³-hybridized carbons (Fsp3) is 0.190. The van der Waals surface area contributed by atoms with E-state index in [9.17, 15) is 9.59 Å². The summed E-state index contributed by atoms with van der Waals surface area (Å²) in [5.74, 6) is 0.188. The zero-order valence-electron chi connectivity index (χ0n) is 16.2. The molecule has 3 aromatic heterocycles. The molecule has 0 radical (unpaired) electrons. The Kier molecular flexibility index (Phi) is 5.02. The number of halogens is 1. The van der Waals surface area contributed by atoms with Gasteiger partial charge in [0, 0.05) is 24.1 Å². The van der Waals surface area contributed by atoms with Gasteiger partial charge in [-0.05, 0) is 55.6 Å². The summed E-state index contributed by atoms with van der Waals surface area (Å²) in [6.45, 7) is 4.19. The van der Waals surface area contributed by atoms with Gasteiger partial charge in [0.05, 0.1) is 22.6 Å². The number of rotatable bonds is 4. The van der Waals surface area contributed by atoms with Crippen molar-refractivity contribution in [1.29, 1.82) is 0 Å². The van der Waals surface area contributed by atoms with Crippen LogP contribution >= 0.6 is 22.9 Å². The molecule has 8 heteroatoms. The van der Waals surface area contributed by atoms with Gasteiger partial charge < -0.3 is 14.5 Å². The lowest BCUT2D eigenvalue weighted by molar-refractivity contribution is 0.0781. The smallest absolute Gasteiger partial charge is 0.268 e. The van der Waals surface area contributed by atoms with Gasteiger partial charge in [0.15, 0.2) is 0 Å². The Morgan fingerprint density at radius 2 is 1.93 bits per heavy atom. The van der Waals surface area contributed by atoms with E-state index in [1.54, 1.807) is 25.2 Å². The van der Waals surface area contributed by atoms with Gasteiger partial charge in [-0.2, -0.15) is 0 Å². The molecule has 1 aromatic carbocycles. The summed E-state index contributed by atoms with van der Waals surface area (Å²) < 4.78 is 2.65. The van der Waals surface area contributed by atoms with Crippen LogP contribution < -0.4 is 5.56 Å². The first-order valence-electron chi connectivity index (χ1n) is 9.02. The van der Waals surface area contributed by atoms with Crippen LogP contribution in [0.15, 0.2) is 46.6 Å². The van der Waals surface area contributed by atoms with E-state index in [1.165, 1.54) is 16.2 Å². The average Bonchev–Trinajstić information content (AvgIpc) is 3.28. The molecule has 4 aromatic rings. The molecule has 1 N–H and O–H groups in total. The second-order valence-electron chi connectivity index (χ2n) is 6.92. The lowest BCUT2D eigenvalue weighted by atomic mass is 10.1. The maximum Gasteiger partial charge on any atom is 0.268 e. The molecule has 0 saturated heterocycles. The minimum Gasteiger partial charge on any atom is -0.334 e. The molecule has 1 amide bonds. The van der Waals surface area contributed by atoms with Gasteiger partial charge in [-0.15, -0.1) is 11.3 Å². The molecular formula is C21H19ClN4O2S. The van der Waals surface area contributed by atoms with Crippen molar-refractivity contribution in [2.75, 3.05) is 7.05 Å². The highest BCUT2D eigenvalue weighted by Crippen LogP contribution is 2.24. The van der Waals surface area contributed by atoms with E-state index in [2.05, 4.69) is 14.5 Å². The molecule has 0 aliphatic heterocycles. The normalized spacial score (nSPS) is 11.2. The van der Waals surface area contributed by atoms with Gasteiger partial charge in [0.2, 0.25) is 0 Å². The number of carbonyl (C=O) groups excluding carboxylic acids is 1. The third-order valence-corrected chi connectivity index (χ3v) is 6.04. The predicted molar refractivity (Wildman–Crippen MR) is 116 cm³/mol. The third-order valence-electron chi connectivity index (χ3n) is 4.81. The van der Waals surface area contributed by atoms with Crippen LogP contribution in [-0.2, 0) is 6.54 Å². The van der Waals surface area contributed by atoms with Crippen LogP contribution in [-0.4, -0.2) is 32.4 Å². The highest BCUT2D eigenvalue weighted by molar-refractivity contribution is 7.17. The fourth-order valence-corrected chi connectivity index (χ4v) is 4.31. The molecular weight excluding hydrogens is 408 g/mol. The molecule has 0 bridgehead atoms. The van der Waals surface area contributed by atoms with Gasteiger partial charge in [-0.25, -0.2) is 4.98 Å². The Bertz CT molecular complexity index is 1270. The standard InChI is InChI=1S/C21H19ClN4O2S/c1-12-4-5-13(2)26(12)14-6-7-16(22)15(10-14)21(28)25(3)11-18-23-17-8-9-29-19(17)20(27)24-18/h4-10H,11H2,1-3H3,(H,23,24,27). The number of hydrogen-bond acceptors (Lipinski definition) is 4. The van der Waals surface area contributed by atoms with Crippen molar-refractivity contribution in [1.82, 2.24) is 19.4 Å². The largest absolute Gasteiger partial charge is 0.334 e. The van der Waals surface area contributed by atoms with E-state index in [-0.39, 0.29) is 18.0 Å². The van der Waals surface area contributed by atoms with Gasteiger partial charge >= 0.3 is 0 Å². The quantitative estimate of drug-likeness (QED) is 0.528. The van der Waals surface area contributed by atoms with Crippen molar-refractivity contribution in [2.24, 2.45) is 0 Å². The van der Waals surface area contributed by atoms with Crippen molar-refractivity contribution < 1.29 is 4.79 Å². The van der Waals surface area contributed by atoms with Crippen LogP contribution in [0.25, 0.3) is 15.9 Å². The molecule has 6 nitrogen and oxygen atoms in total. The lowest BCUT2D eigenvalue weighted by Crippen LogP contribution is -2.28. The summed E-state index contributed by atoms with van der Waals surface area (Å²) >= 11 is 7.68. The SMILES string of the molecule is Cc1ccc(C)n1-c1ccc(Cl)c(C(=O)N(C)Cc2nc3ccsc3c(=O)[nH]2)c1. The summed E-state index contributed by atoms with van der Waals surface area (Å²) in [6.07, 6.45) is 0. The van der Waals surface area contributed by atoms with Crippen LogP contribution in [0.4, 0.5) is 0 Å². The molecule has 4 rings (SSSR count). The van der Waals surface area contributed by atoms with Crippen LogP contribution in [0.5, 0.6) is 0 Å². The number of aryl methyl sites for hydroxylation is 2. The molecule has 0 aliphatic carbocycles. The first-order chi connectivity index (χ1) is 13.8. The highest BCUT2D eigenvalue weighted by atomic mass is 35.5. The van der Waals surface area contributed by atoms with E-state index in [4.69, 9.17) is 11.6 Å². The van der Waals surface area contributed by atoms with E-state index < -0.39 is 0 Å². The molecule has 0 saturated carbocycles. The Balaban J connectivity index is 1.64. The number of aromatic nitrogens is 3. The van der Waals surface area contributed by atoms with Gasteiger partial charge in [0.25, 0.3) is 11.5 Å². The molecule has 0 unspecified atom stereocenters. The van der Waals surface area contributed by atoms with Crippen LogP contribution in [0.3, 0.4) is 0 Å². The van der Waals surface area contributed by atoms with E-state index in [0.29, 0.717) is 26.6 Å². The van der Waals surface area contributed by atoms with Gasteiger partial charge in [-0.3, -0.25) is 9.59 Å². The third kappa shape index (κ3) is 3.59. The van der Waals surface area contributed by atoms with Gasteiger partial charge in [-0.1, -0.05) is 11.6 Å². The fourth-order valence-electron chi connectivity index (χ4n) is 3.39. The molecule has 3 heterocycles. The van der Waals surface area contributed by atoms with Gasteiger partial charge in [0.1, 0.15) is 10.5 Å². The number of nitrogens with one attached hydrogen (secondary N) is 1. The number of fused-ring (bicyclic) bond motifs is 1. The second-order valence-corrected chi connectivity index (χ2v) is 8.25. The molecule has 0 fully saturated rings. The van der Waals surface area contributed by atoms with E-state index in [1.807, 2.05) is 37.4 Å². The number of thiophene rings is 1. The van der Waals surface area contributed by atoms with Crippen molar-refractivity contribution in [2.45, 2.75) is 20.4 Å². The van der Waals surface area contributed by atoms with Crippen LogP contribution in [0.2, 0.25) is 5.02 Å². The topological polar surface area (TPSA) is 71.0 Å². The maximum absolute atomic E-state index is 13.1. The monoisotopic (exact) mass is 426 g/mol. The second kappa shape index (κ2) is 7.50. The Hall–Kier alpha value is -2.90. The molecule has 0 atom stereocenters. The zero-order chi connectivity index (χ0) is 20.7. The number of carbonyl (C=O) groups is 1. The summed E-state index contributed by atoms with van der Waals surface area (Å²) in [6, 6.07) is 11.3. The van der Waals surface area contributed by atoms with E-state index in [0.717, 1.165) is 17.1 Å². The summed E-state index contributed by atoms with van der Waals surface area (Å²) in [5, 5.41) is 2.20. The number of aromatic amines is 1. The number of benzene rings is 1. The highest BCUT2D eigenvalue weighted by Gasteiger charge is 2.18. The molecule has 0 aliphatic rings. The summed E-state index contributed by atoms with van der Waals surface area (Å²) in [5.41, 5.74) is 3.85. The Labute approximate surface area is 176 Å². The van der Waals surface area contributed by atoms with Crippen molar-refractivity contribution in [3.8, 4) is 5.69 Å². The van der Waals surface area contributed by atoms with Crippen molar-refractivity contribution in [3.05, 3.63) is 79.9 Å². The zero-order valence-corrected chi connectivity index (χ0v) is 17.8. The number of nitrogens with zero attached hydrogens (tertiary/aromatic N) is 3. The predicted octanol–water partition coefficient (Wildman–Crippen LogP) is 4.32. The molecule has 148 valence electrons. The van der Waals surface area contributed by atoms with Crippen molar-refractivity contribution in [3.63, 3.8) is 0 Å². The first-order valence-corrected chi connectivity index (χ1v) is 10.3. The van der Waals surface area contributed by atoms with Crippen molar-refractivity contribution >= 4 is 39.1 Å². The minimum absolute atomic E-state index is 0.169. The average molecular weight is 427 g/mol. The molecule has 0 spiro atoms. The molecule has 29 heavy (non-hydrogen) atoms. The van der Waals surface area contributed by atoms with Crippen LogP contribution in [0, 0.1) is 13.8 Å². The number of hydrogen-bond donors (Lipinski definition) is 1. The first kappa shape index (κ1) is 19.4. The number of amides is 1. The number of H-pyrrole nitrogens is 1. The lowest BCUT2D eigenvalue weighted by Gasteiger charge is -2.18. The van der Waals surface area contributed by atoms with E-state index >= 15 is 0 Å². The Morgan fingerprint density at radius 3 is 2.66 bits per heavy atom. The Morgan fingerprint density at radius 1 is 1.21 bits per heavy atom. The van der Waals surface area contributed by atoms with Crippen LogP contribution in [0.1, 0.15) is 27.6 Å². The maximum atomic E-state index is 13.1.